The van der Waals surface area contributed by atoms with Crippen molar-refractivity contribution >= 4 is 11.4 Å². The third-order valence-electron chi connectivity index (χ3n) is 3.84. The second kappa shape index (κ2) is 5.61. The molecule has 0 bridgehead atoms. The second-order valence-electron chi connectivity index (χ2n) is 5.40. The van der Waals surface area contributed by atoms with E-state index in [9.17, 15) is 0 Å². The van der Waals surface area contributed by atoms with Gasteiger partial charge in [-0.3, -0.25) is 0 Å². The molecule has 1 fully saturated rings. The summed E-state index contributed by atoms with van der Waals surface area (Å²) in [5.74, 6) is 0.632. The number of hydrogen-bond acceptors (Lipinski definition) is 3. The fourth-order valence-corrected chi connectivity index (χ4v) is 2.57. The van der Waals surface area contributed by atoms with Gasteiger partial charge in [-0.2, -0.15) is 0 Å². The number of anilines is 2. The van der Waals surface area contributed by atoms with Crippen molar-refractivity contribution in [3.05, 3.63) is 23.8 Å². The second-order valence-corrected chi connectivity index (χ2v) is 5.40. The summed E-state index contributed by atoms with van der Waals surface area (Å²) < 4.78 is 5.46. The summed E-state index contributed by atoms with van der Waals surface area (Å²) in [6.45, 7) is 6.23. The van der Waals surface area contributed by atoms with Crippen molar-refractivity contribution in [1.29, 1.82) is 0 Å². The molecule has 100 valence electrons. The fourth-order valence-electron chi connectivity index (χ4n) is 2.57. The van der Waals surface area contributed by atoms with Gasteiger partial charge in [0.05, 0.1) is 6.61 Å². The molecule has 1 saturated heterocycles. The van der Waals surface area contributed by atoms with Crippen molar-refractivity contribution in [2.24, 2.45) is 5.92 Å². The molecule has 2 atom stereocenters. The molecule has 1 aliphatic rings. The molecular formula is C15H24N2O. The lowest BCUT2D eigenvalue weighted by Gasteiger charge is -2.24. The SMILES string of the molecule is Cc1c(N[C@@H](C)[C@H]2CCOC2)cccc1N(C)C. The molecule has 0 saturated carbocycles. The Labute approximate surface area is 110 Å². The zero-order valence-electron chi connectivity index (χ0n) is 11.9. The molecule has 0 aliphatic carbocycles. The molecule has 0 aromatic heterocycles. The van der Waals surface area contributed by atoms with Crippen LogP contribution >= 0.6 is 0 Å². The molecule has 1 heterocycles. The molecule has 0 unspecified atom stereocenters. The summed E-state index contributed by atoms with van der Waals surface area (Å²) in [6.07, 6.45) is 1.17. The molecule has 1 aromatic rings. The van der Waals surface area contributed by atoms with Crippen LogP contribution in [0, 0.1) is 12.8 Å². The van der Waals surface area contributed by atoms with Crippen molar-refractivity contribution in [2.45, 2.75) is 26.3 Å². The maximum absolute atomic E-state index is 5.46. The Balaban J connectivity index is 2.11. The van der Waals surface area contributed by atoms with E-state index in [0.29, 0.717) is 12.0 Å². The van der Waals surface area contributed by atoms with Crippen molar-refractivity contribution in [3.8, 4) is 0 Å². The minimum atomic E-state index is 0.462. The molecule has 1 aromatic carbocycles. The van der Waals surface area contributed by atoms with E-state index in [2.05, 4.69) is 56.4 Å². The van der Waals surface area contributed by atoms with E-state index in [4.69, 9.17) is 4.74 Å². The van der Waals surface area contributed by atoms with Gasteiger partial charge in [0.2, 0.25) is 0 Å². The molecule has 1 aliphatic heterocycles. The average molecular weight is 248 g/mol. The fraction of sp³-hybridized carbons (Fsp3) is 0.600. The Kier molecular flexibility index (Phi) is 4.12. The highest BCUT2D eigenvalue weighted by Crippen LogP contribution is 2.27. The van der Waals surface area contributed by atoms with Crippen LogP contribution in [-0.2, 0) is 4.74 Å². The third-order valence-corrected chi connectivity index (χ3v) is 3.84. The zero-order valence-corrected chi connectivity index (χ0v) is 11.9. The van der Waals surface area contributed by atoms with E-state index < -0.39 is 0 Å². The third kappa shape index (κ3) is 2.78. The first-order valence-electron chi connectivity index (χ1n) is 6.71. The van der Waals surface area contributed by atoms with E-state index in [1.807, 2.05) is 0 Å². The molecule has 0 amide bonds. The van der Waals surface area contributed by atoms with Crippen LogP contribution in [0.15, 0.2) is 18.2 Å². The van der Waals surface area contributed by atoms with Gasteiger partial charge in [-0.05, 0) is 38.0 Å². The minimum Gasteiger partial charge on any atom is -0.382 e. The maximum Gasteiger partial charge on any atom is 0.0514 e. The first-order chi connectivity index (χ1) is 8.59. The van der Waals surface area contributed by atoms with Gasteiger partial charge in [-0.1, -0.05) is 6.07 Å². The lowest BCUT2D eigenvalue weighted by Crippen LogP contribution is -2.26. The van der Waals surface area contributed by atoms with E-state index in [0.717, 1.165) is 13.2 Å². The summed E-state index contributed by atoms with van der Waals surface area (Å²) in [5, 5.41) is 3.64. The van der Waals surface area contributed by atoms with E-state index in [1.54, 1.807) is 0 Å². The highest BCUT2D eigenvalue weighted by atomic mass is 16.5. The predicted molar refractivity (Wildman–Crippen MR) is 77.5 cm³/mol. The van der Waals surface area contributed by atoms with E-state index >= 15 is 0 Å². The minimum absolute atomic E-state index is 0.462. The predicted octanol–water partition coefficient (Wildman–Crippen LogP) is 2.90. The summed E-state index contributed by atoms with van der Waals surface area (Å²) in [7, 11) is 4.17. The number of hydrogen-bond donors (Lipinski definition) is 1. The molecule has 3 heteroatoms. The summed E-state index contributed by atoms with van der Waals surface area (Å²) >= 11 is 0. The normalized spacial score (nSPS) is 20.8. The molecule has 0 radical (unpaired) electrons. The smallest absolute Gasteiger partial charge is 0.0514 e. The van der Waals surface area contributed by atoms with Gasteiger partial charge in [-0.15, -0.1) is 0 Å². The monoisotopic (exact) mass is 248 g/mol. The van der Waals surface area contributed by atoms with Crippen molar-refractivity contribution in [2.75, 3.05) is 37.5 Å². The Hall–Kier alpha value is -1.22. The summed E-state index contributed by atoms with van der Waals surface area (Å²) in [4.78, 5) is 2.16. The van der Waals surface area contributed by atoms with E-state index in [1.165, 1.54) is 23.4 Å². The average Bonchev–Trinajstić information content (AvgIpc) is 2.85. The van der Waals surface area contributed by atoms with Crippen LogP contribution in [0.25, 0.3) is 0 Å². The van der Waals surface area contributed by atoms with Crippen LogP contribution in [0.4, 0.5) is 11.4 Å². The van der Waals surface area contributed by atoms with Gasteiger partial charge in [0.15, 0.2) is 0 Å². The zero-order chi connectivity index (χ0) is 13.1. The number of nitrogens with zero attached hydrogens (tertiary/aromatic N) is 1. The van der Waals surface area contributed by atoms with Gasteiger partial charge >= 0.3 is 0 Å². The Morgan fingerprint density at radius 1 is 1.39 bits per heavy atom. The quantitative estimate of drug-likeness (QED) is 0.886. The van der Waals surface area contributed by atoms with Crippen LogP contribution in [0.5, 0.6) is 0 Å². The highest BCUT2D eigenvalue weighted by molar-refractivity contribution is 5.65. The number of ether oxygens (including phenoxy) is 1. The lowest BCUT2D eigenvalue weighted by atomic mass is 10.00. The molecule has 0 spiro atoms. The largest absolute Gasteiger partial charge is 0.382 e. The molecule has 1 N–H and O–H groups in total. The first kappa shape index (κ1) is 13.2. The van der Waals surface area contributed by atoms with Crippen LogP contribution in [0.3, 0.4) is 0 Å². The van der Waals surface area contributed by atoms with Gasteiger partial charge in [0.25, 0.3) is 0 Å². The molecule has 2 rings (SSSR count). The van der Waals surface area contributed by atoms with Crippen molar-refractivity contribution < 1.29 is 4.74 Å². The molecule has 3 nitrogen and oxygen atoms in total. The Bertz CT molecular complexity index is 397. The Morgan fingerprint density at radius 3 is 2.78 bits per heavy atom. The molecule has 18 heavy (non-hydrogen) atoms. The van der Waals surface area contributed by atoms with E-state index in [-0.39, 0.29) is 0 Å². The summed E-state index contributed by atoms with van der Waals surface area (Å²) in [5.41, 5.74) is 3.82. The van der Waals surface area contributed by atoms with Gasteiger partial charge in [0.1, 0.15) is 0 Å². The van der Waals surface area contributed by atoms with Crippen LogP contribution in [-0.4, -0.2) is 33.4 Å². The Morgan fingerprint density at radius 2 is 2.17 bits per heavy atom. The first-order valence-corrected chi connectivity index (χ1v) is 6.71. The number of nitrogens with one attached hydrogen (secondary N) is 1. The molecular weight excluding hydrogens is 224 g/mol. The van der Waals surface area contributed by atoms with Crippen LogP contribution < -0.4 is 10.2 Å². The van der Waals surface area contributed by atoms with Crippen LogP contribution in [0.2, 0.25) is 0 Å². The van der Waals surface area contributed by atoms with Crippen molar-refractivity contribution in [3.63, 3.8) is 0 Å². The highest BCUT2D eigenvalue weighted by Gasteiger charge is 2.22. The van der Waals surface area contributed by atoms with Gasteiger partial charge < -0.3 is 15.0 Å². The summed E-state index contributed by atoms with van der Waals surface area (Å²) in [6, 6.07) is 6.89. The topological polar surface area (TPSA) is 24.5 Å². The van der Waals surface area contributed by atoms with Crippen molar-refractivity contribution in [1.82, 2.24) is 0 Å². The van der Waals surface area contributed by atoms with Gasteiger partial charge in [-0.25, -0.2) is 0 Å². The number of benzene rings is 1. The maximum atomic E-state index is 5.46. The lowest BCUT2D eigenvalue weighted by molar-refractivity contribution is 0.183. The van der Waals surface area contributed by atoms with Crippen LogP contribution in [0.1, 0.15) is 18.9 Å². The van der Waals surface area contributed by atoms with Gasteiger partial charge in [0, 0.05) is 44.0 Å². The number of rotatable bonds is 4. The standard InChI is InChI=1S/C15H24N2O/c1-11-14(6-5-7-15(11)17(3)4)16-12(2)13-8-9-18-10-13/h5-7,12-13,16H,8-10H2,1-4H3/t12-,13-/m0/s1.